The van der Waals surface area contributed by atoms with Crippen molar-refractivity contribution < 1.29 is 14.7 Å². The highest BCUT2D eigenvalue weighted by Crippen LogP contribution is 2.34. The molecule has 1 aliphatic rings. The number of rotatable bonds is 5. The first-order chi connectivity index (χ1) is 11.6. The molecule has 24 heavy (non-hydrogen) atoms. The summed E-state index contributed by atoms with van der Waals surface area (Å²) in [5.74, 6) is -0.585. The van der Waals surface area contributed by atoms with Gasteiger partial charge in [0, 0.05) is 12.0 Å². The lowest BCUT2D eigenvalue weighted by Gasteiger charge is -2.21. The van der Waals surface area contributed by atoms with Crippen molar-refractivity contribution in [1.29, 1.82) is 0 Å². The fourth-order valence-corrected chi connectivity index (χ4v) is 3.44. The summed E-state index contributed by atoms with van der Waals surface area (Å²) in [7, 11) is 0. The Labute approximate surface area is 141 Å². The summed E-state index contributed by atoms with van der Waals surface area (Å²) >= 11 is 0. The van der Waals surface area contributed by atoms with Gasteiger partial charge < -0.3 is 10.4 Å². The molecule has 1 aliphatic carbocycles. The van der Waals surface area contributed by atoms with Gasteiger partial charge in [0.25, 0.3) is 0 Å². The van der Waals surface area contributed by atoms with E-state index in [1.807, 2.05) is 18.2 Å². The molecule has 0 heterocycles. The smallest absolute Gasteiger partial charge is 0.335 e. The molecule has 0 bridgehead atoms. The number of carbonyl (C=O) groups excluding carboxylic acids is 1. The normalized spacial score (nSPS) is 19.8. The van der Waals surface area contributed by atoms with E-state index >= 15 is 0 Å². The summed E-state index contributed by atoms with van der Waals surface area (Å²) in [5.41, 5.74) is 2.34. The van der Waals surface area contributed by atoms with Crippen molar-refractivity contribution in [3.05, 3.63) is 71.3 Å². The molecule has 0 radical (unpaired) electrons. The number of amides is 1. The first-order valence-electron chi connectivity index (χ1n) is 8.30. The van der Waals surface area contributed by atoms with Crippen LogP contribution >= 0.6 is 0 Å². The average Bonchev–Trinajstić information content (AvgIpc) is 3.04. The van der Waals surface area contributed by atoms with Gasteiger partial charge in [0.1, 0.15) is 0 Å². The first-order valence-corrected chi connectivity index (χ1v) is 8.30. The van der Waals surface area contributed by atoms with Crippen LogP contribution in [0.3, 0.4) is 0 Å². The summed E-state index contributed by atoms with van der Waals surface area (Å²) in [6, 6.07) is 17.0. The van der Waals surface area contributed by atoms with Crippen LogP contribution in [0.4, 0.5) is 0 Å². The first kappa shape index (κ1) is 16.2. The third-order valence-corrected chi connectivity index (χ3v) is 4.66. The Kier molecular flexibility index (Phi) is 4.94. The van der Waals surface area contributed by atoms with Gasteiger partial charge in [-0.05, 0) is 36.1 Å². The molecule has 1 fully saturated rings. The Morgan fingerprint density at radius 3 is 2.38 bits per heavy atom. The van der Waals surface area contributed by atoms with E-state index in [1.54, 1.807) is 12.1 Å². The highest BCUT2D eigenvalue weighted by atomic mass is 16.4. The van der Waals surface area contributed by atoms with Crippen LogP contribution in [0, 0.1) is 0 Å². The van der Waals surface area contributed by atoms with Crippen LogP contribution in [-0.2, 0) is 11.2 Å². The van der Waals surface area contributed by atoms with Crippen molar-refractivity contribution in [1.82, 2.24) is 5.32 Å². The molecule has 1 amide bonds. The Hall–Kier alpha value is -2.62. The van der Waals surface area contributed by atoms with Crippen LogP contribution in [0.1, 0.15) is 46.7 Å². The summed E-state index contributed by atoms with van der Waals surface area (Å²) in [4.78, 5) is 23.2. The second-order valence-electron chi connectivity index (χ2n) is 6.30. The van der Waals surface area contributed by atoms with Crippen molar-refractivity contribution >= 4 is 11.9 Å². The molecule has 2 N–H and O–H groups in total. The Bertz CT molecular complexity index is 709. The topological polar surface area (TPSA) is 66.4 Å². The van der Waals surface area contributed by atoms with Gasteiger partial charge in [-0.25, -0.2) is 4.79 Å². The third-order valence-electron chi connectivity index (χ3n) is 4.66. The average molecular weight is 323 g/mol. The molecule has 124 valence electrons. The van der Waals surface area contributed by atoms with Gasteiger partial charge in [-0.15, -0.1) is 0 Å². The van der Waals surface area contributed by atoms with Crippen molar-refractivity contribution in [3.63, 3.8) is 0 Å². The molecule has 2 atom stereocenters. The predicted octanol–water partition coefficient (Wildman–Crippen LogP) is 3.38. The minimum atomic E-state index is -0.956. The van der Waals surface area contributed by atoms with Crippen molar-refractivity contribution in [2.75, 3.05) is 0 Å². The van der Waals surface area contributed by atoms with Crippen LogP contribution in [0.25, 0.3) is 0 Å². The quantitative estimate of drug-likeness (QED) is 0.886. The number of carboxylic acids is 1. The maximum Gasteiger partial charge on any atom is 0.335 e. The summed E-state index contributed by atoms with van der Waals surface area (Å²) in [6.45, 7) is 0. The number of carboxylic acid groups (broad SMARTS) is 1. The maximum absolute atomic E-state index is 12.3. The molecule has 0 aliphatic heterocycles. The molecule has 0 saturated heterocycles. The van der Waals surface area contributed by atoms with E-state index < -0.39 is 5.97 Å². The summed E-state index contributed by atoms with van der Waals surface area (Å²) in [6.07, 6.45) is 3.50. The van der Waals surface area contributed by atoms with Crippen LogP contribution in [-0.4, -0.2) is 23.0 Å². The Balaban J connectivity index is 1.61. The number of aromatic carboxylic acids is 1. The van der Waals surface area contributed by atoms with Gasteiger partial charge in [0.2, 0.25) is 5.91 Å². The number of carbonyl (C=O) groups is 2. The molecule has 0 aromatic heterocycles. The molecule has 0 unspecified atom stereocenters. The summed E-state index contributed by atoms with van der Waals surface area (Å²) in [5, 5.41) is 12.1. The molecule has 4 nitrogen and oxygen atoms in total. The molecular weight excluding hydrogens is 302 g/mol. The van der Waals surface area contributed by atoms with Crippen molar-refractivity contribution in [2.24, 2.45) is 0 Å². The van der Waals surface area contributed by atoms with Gasteiger partial charge in [-0.2, -0.15) is 0 Å². The van der Waals surface area contributed by atoms with Crippen molar-refractivity contribution in [3.8, 4) is 0 Å². The van der Waals surface area contributed by atoms with Gasteiger partial charge in [0.15, 0.2) is 0 Å². The zero-order valence-electron chi connectivity index (χ0n) is 13.4. The van der Waals surface area contributed by atoms with Gasteiger partial charge in [-0.3, -0.25) is 4.79 Å². The SMILES string of the molecule is O=C(Cc1ccc(C(=O)O)cc1)N[C@@H]1CCC[C@H]1c1ccccc1. The lowest BCUT2D eigenvalue weighted by Crippen LogP contribution is -2.37. The highest BCUT2D eigenvalue weighted by Gasteiger charge is 2.29. The van der Waals surface area contributed by atoms with Crippen LogP contribution in [0.15, 0.2) is 54.6 Å². The number of benzene rings is 2. The minimum absolute atomic E-state index is 0.00842. The zero-order chi connectivity index (χ0) is 16.9. The Morgan fingerprint density at radius 1 is 1.00 bits per heavy atom. The molecule has 3 rings (SSSR count). The van der Waals surface area contributed by atoms with Crippen LogP contribution in [0.5, 0.6) is 0 Å². The molecule has 2 aromatic rings. The van der Waals surface area contributed by atoms with Gasteiger partial charge in [0.05, 0.1) is 12.0 Å². The zero-order valence-corrected chi connectivity index (χ0v) is 13.4. The summed E-state index contributed by atoms with van der Waals surface area (Å²) < 4.78 is 0. The van der Waals surface area contributed by atoms with E-state index in [1.165, 1.54) is 17.7 Å². The van der Waals surface area contributed by atoms with E-state index in [9.17, 15) is 9.59 Å². The number of hydrogen-bond acceptors (Lipinski definition) is 2. The molecule has 1 saturated carbocycles. The monoisotopic (exact) mass is 323 g/mol. The van der Waals surface area contributed by atoms with Crippen LogP contribution in [0.2, 0.25) is 0 Å². The van der Waals surface area contributed by atoms with Gasteiger partial charge in [-0.1, -0.05) is 48.9 Å². The minimum Gasteiger partial charge on any atom is -0.478 e. The second-order valence-corrected chi connectivity index (χ2v) is 6.30. The molecular formula is C20H21NO3. The predicted molar refractivity (Wildman–Crippen MR) is 92.1 cm³/mol. The third kappa shape index (κ3) is 3.82. The molecule has 2 aromatic carbocycles. The van der Waals surface area contributed by atoms with E-state index in [-0.39, 0.29) is 23.9 Å². The van der Waals surface area contributed by atoms with E-state index in [4.69, 9.17) is 5.11 Å². The second kappa shape index (κ2) is 7.30. The largest absolute Gasteiger partial charge is 0.478 e. The fraction of sp³-hybridized carbons (Fsp3) is 0.300. The highest BCUT2D eigenvalue weighted by molar-refractivity contribution is 5.87. The number of nitrogens with one attached hydrogen (secondary N) is 1. The van der Waals surface area contributed by atoms with Crippen molar-refractivity contribution in [2.45, 2.75) is 37.6 Å². The molecule has 4 heteroatoms. The Morgan fingerprint density at radius 2 is 1.71 bits per heavy atom. The van der Waals surface area contributed by atoms with E-state index in [0.717, 1.165) is 24.8 Å². The lowest BCUT2D eigenvalue weighted by molar-refractivity contribution is -0.121. The van der Waals surface area contributed by atoms with E-state index in [2.05, 4.69) is 17.4 Å². The molecule has 0 spiro atoms. The number of hydrogen-bond donors (Lipinski definition) is 2. The standard InChI is InChI=1S/C20H21NO3/c22-19(13-14-9-11-16(12-10-14)20(23)24)21-18-8-4-7-17(18)15-5-2-1-3-6-15/h1-3,5-6,9-12,17-18H,4,7-8,13H2,(H,21,22)(H,23,24)/t17-,18+/m0/s1. The fourth-order valence-electron chi connectivity index (χ4n) is 3.44. The van der Waals surface area contributed by atoms with E-state index in [0.29, 0.717) is 5.92 Å². The maximum atomic E-state index is 12.3. The van der Waals surface area contributed by atoms with Gasteiger partial charge >= 0.3 is 5.97 Å². The lowest BCUT2D eigenvalue weighted by atomic mass is 9.94. The van der Waals surface area contributed by atoms with Crippen LogP contribution < -0.4 is 5.32 Å².